The van der Waals surface area contributed by atoms with Gasteiger partial charge in [-0.05, 0) is 60.7 Å². The lowest BCUT2D eigenvalue weighted by Gasteiger charge is -2.12. The van der Waals surface area contributed by atoms with E-state index < -0.39 is 11.9 Å². The van der Waals surface area contributed by atoms with Gasteiger partial charge in [0.25, 0.3) is 5.91 Å². The number of azo groups is 1. The van der Waals surface area contributed by atoms with Crippen LogP contribution in [0.3, 0.4) is 0 Å². The first-order valence-electron chi connectivity index (χ1n) is 9.32. The van der Waals surface area contributed by atoms with Crippen LogP contribution in [0.15, 0.2) is 89.1 Å². The summed E-state index contributed by atoms with van der Waals surface area (Å²) in [4.78, 5) is 26.1. The number of hydrogen-bond donors (Lipinski definition) is 1. The quantitative estimate of drug-likeness (QED) is 0.447. The molecule has 0 atom stereocenters. The number of carbonyl (C=O) groups is 2. The summed E-state index contributed by atoms with van der Waals surface area (Å²) in [6.45, 7) is -0.371. The molecule has 3 aromatic carbocycles. The highest BCUT2D eigenvalue weighted by atomic mass is 16.5. The topological polar surface area (TPSA) is 83.4 Å². The first-order chi connectivity index (χ1) is 14.5. The van der Waals surface area contributed by atoms with Crippen LogP contribution in [0, 0.1) is 0 Å². The molecule has 0 spiro atoms. The Labute approximate surface area is 175 Å². The van der Waals surface area contributed by atoms with Crippen molar-refractivity contribution in [3.63, 3.8) is 0 Å². The Hall–Kier alpha value is -4.00. The molecule has 0 bridgehead atoms. The Morgan fingerprint density at radius 2 is 1.43 bits per heavy atom. The maximum absolute atomic E-state index is 12.1. The van der Waals surface area contributed by atoms with Gasteiger partial charge in [-0.25, -0.2) is 4.79 Å². The van der Waals surface area contributed by atoms with E-state index in [9.17, 15) is 9.59 Å². The summed E-state index contributed by atoms with van der Waals surface area (Å²) in [5.74, 6) is -0.973. The molecule has 0 radical (unpaired) electrons. The number of benzene rings is 3. The maximum atomic E-state index is 12.1. The van der Waals surface area contributed by atoms with Crippen molar-refractivity contribution in [1.29, 1.82) is 0 Å². The molecule has 0 heterocycles. The van der Waals surface area contributed by atoms with E-state index in [1.54, 1.807) is 36.4 Å². The van der Waals surface area contributed by atoms with Crippen molar-refractivity contribution in [2.75, 3.05) is 30.9 Å². The van der Waals surface area contributed by atoms with Gasteiger partial charge >= 0.3 is 5.97 Å². The number of nitrogens with zero attached hydrogens (tertiary/aromatic N) is 3. The third kappa shape index (κ3) is 6.00. The van der Waals surface area contributed by atoms with Crippen LogP contribution in [0.2, 0.25) is 0 Å². The second-order valence-electron chi connectivity index (χ2n) is 6.65. The van der Waals surface area contributed by atoms with E-state index in [2.05, 4.69) is 15.5 Å². The fraction of sp³-hybridized carbons (Fsp3) is 0.130. The van der Waals surface area contributed by atoms with E-state index in [1.165, 1.54) is 0 Å². The summed E-state index contributed by atoms with van der Waals surface area (Å²) in [5.41, 5.74) is 3.35. The predicted molar refractivity (Wildman–Crippen MR) is 117 cm³/mol. The van der Waals surface area contributed by atoms with Gasteiger partial charge in [-0.1, -0.05) is 18.2 Å². The van der Waals surface area contributed by atoms with Gasteiger partial charge in [0.1, 0.15) is 0 Å². The number of esters is 1. The van der Waals surface area contributed by atoms with Gasteiger partial charge < -0.3 is 15.0 Å². The Morgan fingerprint density at radius 1 is 0.833 bits per heavy atom. The lowest BCUT2D eigenvalue weighted by molar-refractivity contribution is -0.119. The summed E-state index contributed by atoms with van der Waals surface area (Å²) >= 11 is 0. The molecule has 0 saturated carbocycles. The lowest BCUT2D eigenvalue weighted by Crippen LogP contribution is -2.20. The van der Waals surface area contributed by atoms with Gasteiger partial charge in [0, 0.05) is 25.5 Å². The number of ether oxygens (including phenoxy) is 1. The van der Waals surface area contributed by atoms with E-state index in [0.717, 1.165) is 11.4 Å². The van der Waals surface area contributed by atoms with E-state index in [0.29, 0.717) is 16.9 Å². The summed E-state index contributed by atoms with van der Waals surface area (Å²) < 4.78 is 5.08. The monoisotopic (exact) mass is 402 g/mol. The van der Waals surface area contributed by atoms with Gasteiger partial charge in [-0.2, -0.15) is 10.2 Å². The van der Waals surface area contributed by atoms with Crippen molar-refractivity contribution in [1.82, 2.24) is 0 Å². The molecule has 3 aromatic rings. The molecule has 7 heteroatoms. The van der Waals surface area contributed by atoms with E-state index >= 15 is 0 Å². The van der Waals surface area contributed by atoms with Gasteiger partial charge in [0.2, 0.25) is 0 Å². The molecule has 0 unspecified atom stereocenters. The van der Waals surface area contributed by atoms with Gasteiger partial charge in [-0.3, -0.25) is 4.79 Å². The van der Waals surface area contributed by atoms with Crippen molar-refractivity contribution in [3.8, 4) is 0 Å². The van der Waals surface area contributed by atoms with Gasteiger partial charge in [-0.15, -0.1) is 0 Å². The maximum Gasteiger partial charge on any atom is 0.338 e. The zero-order chi connectivity index (χ0) is 21.3. The highest BCUT2D eigenvalue weighted by Crippen LogP contribution is 2.20. The fourth-order valence-electron chi connectivity index (χ4n) is 2.53. The Kier molecular flexibility index (Phi) is 6.89. The molecule has 0 saturated heterocycles. The van der Waals surface area contributed by atoms with E-state index in [-0.39, 0.29) is 6.61 Å². The van der Waals surface area contributed by atoms with Crippen molar-refractivity contribution < 1.29 is 14.3 Å². The van der Waals surface area contributed by atoms with Crippen molar-refractivity contribution in [2.45, 2.75) is 0 Å². The first kappa shape index (κ1) is 20.7. The second kappa shape index (κ2) is 9.97. The second-order valence-corrected chi connectivity index (χ2v) is 6.65. The first-order valence-corrected chi connectivity index (χ1v) is 9.32. The highest BCUT2D eigenvalue weighted by molar-refractivity contribution is 5.95. The Bertz CT molecular complexity index is 1010. The third-order valence-corrected chi connectivity index (χ3v) is 4.14. The molecular weight excluding hydrogens is 380 g/mol. The van der Waals surface area contributed by atoms with E-state index in [1.807, 2.05) is 61.5 Å². The largest absolute Gasteiger partial charge is 0.452 e. The van der Waals surface area contributed by atoms with Crippen molar-refractivity contribution >= 4 is 34.6 Å². The number of anilines is 2. The minimum Gasteiger partial charge on any atom is -0.452 e. The molecule has 0 fully saturated rings. The van der Waals surface area contributed by atoms with Crippen LogP contribution >= 0.6 is 0 Å². The zero-order valence-corrected chi connectivity index (χ0v) is 16.8. The molecule has 1 N–H and O–H groups in total. The van der Waals surface area contributed by atoms with Crippen LogP contribution in [0.1, 0.15) is 10.4 Å². The number of rotatable bonds is 7. The Morgan fingerprint density at radius 3 is 2.03 bits per heavy atom. The normalized spacial score (nSPS) is 10.6. The summed E-state index contributed by atoms with van der Waals surface area (Å²) in [5, 5.41) is 11.0. The number of hydrogen-bond acceptors (Lipinski definition) is 6. The van der Waals surface area contributed by atoms with Crippen LogP contribution in [-0.2, 0) is 9.53 Å². The minimum absolute atomic E-state index is 0.371. The van der Waals surface area contributed by atoms with Crippen molar-refractivity contribution in [3.05, 3.63) is 84.4 Å². The minimum atomic E-state index is -0.549. The molecule has 1 amide bonds. The SMILES string of the molecule is CN(C)c1ccc(C(=O)OCC(=O)Nc2ccc(N=Nc3ccccc3)cc2)cc1. The Balaban J connectivity index is 1.48. The van der Waals surface area contributed by atoms with Gasteiger partial charge in [0.15, 0.2) is 6.61 Å². The fourth-order valence-corrected chi connectivity index (χ4v) is 2.53. The number of amides is 1. The standard InChI is InChI=1S/C23H22N4O3/c1-27(2)21-14-8-17(9-15-21)23(29)30-16-22(28)24-18-10-12-20(13-11-18)26-25-19-6-4-3-5-7-19/h3-15H,16H2,1-2H3,(H,24,28). The van der Waals surface area contributed by atoms with Crippen LogP contribution < -0.4 is 10.2 Å². The molecule has 3 rings (SSSR count). The molecule has 0 aliphatic rings. The summed E-state index contributed by atoms with van der Waals surface area (Å²) in [7, 11) is 3.83. The number of carbonyl (C=O) groups excluding carboxylic acids is 2. The average Bonchev–Trinajstić information content (AvgIpc) is 2.78. The van der Waals surface area contributed by atoms with E-state index in [4.69, 9.17) is 4.74 Å². The zero-order valence-electron chi connectivity index (χ0n) is 16.8. The predicted octanol–water partition coefficient (Wildman–Crippen LogP) is 4.96. The van der Waals surface area contributed by atoms with Crippen LogP contribution in [0.4, 0.5) is 22.7 Å². The molecule has 30 heavy (non-hydrogen) atoms. The summed E-state index contributed by atoms with van der Waals surface area (Å²) in [6.07, 6.45) is 0. The highest BCUT2D eigenvalue weighted by Gasteiger charge is 2.11. The van der Waals surface area contributed by atoms with Gasteiger partial charge in [0.05, 0.1) is 16.9 Å². The van der Waals surface area contributed by atoms with Crippen molar-refractivity contribution in [2.24, 2.45) is 10.2 Å². The van der Waals surface area contributed by atoms with Crippen LogP contribution in [-0.4, -0.2) is 32.6 Å². The average molecular weight is 402 g/mol. The molecule has 0 aliphatic heterocycles. The molecule has 7 nitrogen and oxygen atoms in total. The molecule has 152 valence electrons. The van der Waals surface area contributed by atoms with Crippen LogP contribution in [0.5, 0.6) is 0 Å². The smallest absolute Gasteiger partial charge is 0.338 e. The lowest BCUT2D eigenvalue weighted by atomic mass is 10.2. The third-order valence-electron chi connectivity index (χ3n) is 4.14. The molecular formula is C23H22N4O3. The summed E-state index contributed by atoms with van der Waals surface area (Å²) in [6, 6.07) is 23.2. The number of nitrogens with one attached hydrogen (secondary N) is 1. The van der Waals surface area contributed by atoms with Crippen LogP contribution in [0.25, 0.3) is 0 Å². The molecule has 0 aliphatic carbocycles. The molecule has 0 aromatic heterocycles.